The van der Waals surface area contributed by atoms with Crippen molar-refractivity contribution in [2.24, 2.45) is 0 Å². The summed E-state index contributed by atoms with van der Waals surface area (Å²) >= 11 is 0. The van der Waals surface area contributed by atoms with Crippen LogP contribution in [0.15, 0.2) is 18.2 Å². The molecule has 0 aliphatic rings. The zero-order valence-electron chi connectivity index (χ0n) is 8.15. The van der Waals surface area contributed by atoms with E-state index in [1.54, 1.807) is 0 Å². The predicted octanol–water partition coefficient (Wildman–Crippen LogP) is 0.274. The summed E-state index contributed by atoms with van der Waals surface area (Å²) < 4.78 is 44.3. The van der Waals surface area contributed by atoms with Crippen LogP contribution in [0.4, 0.5) is 13.2 Å². The van der Waals surface area contributed by atoms with Gasteiger partial charge in [0.15, 0.2) is 11.5 Å². The number of methoxy groups -OCH3 is 1. The van der Waals surface area contributed by atoms with Crippen molar-refractivity contribution < 1.29 is 32.7 Å². The molecule has 0 radical (unpaired) electrons. The van der Waals surface area contributed by atoms with Crippen molar-refractivity contribution in [3.8, 4) is 11.5 Å². The third-order valence-corrected chi connectivity index (χ3v) is 1.72. The van der Waals surface area contributed by atoms with Crippen LogP contribution in [0.2, 0.25) is 0 Å². The molecule has 4 nitrogen and oxygen atoms in total. The minimum Gasteiger partial charge on any atom is -0.493 e. The van der Waals surface area contributed by atoms with Crippen LogP contribution in [-0.4, -0.2) is 30.6 Å². The Hall–Kier alpha value is -1.41. The lowest BCUT2D eigenvalue weighted by Gasteiger charge is -2.15. The molecule has 88 valence electrons. The summed E-state index contributed by atoms with van der Waals surface area (Å²) in [5.41, 5.74) is -0.204. The van der Waals surface area contributed by atoms with Gasteiger partial charge in [-0.15, -0.1) is 13.2 Å². The molecule has 0 saturated heterocycles. The molecule has 2 N–H and O–H groups in total. The van der Waals surface area contributed by atoms with Crippen molar-refractivity contribution in [1.29, 1.82) is 0 Å². The molecule has 0 spiro atoms. The lowest BCUT2D eigenvalue weighted by Crippen LogP contribution is -2.32. The van der Waals surface area contributed by atoms with Gasteiger partial charge in [0.25, 0.3) is 0 Å². The van der Waals surface area contributed by atoms with Crippen LogP contribution in [0.25, 0.3) is 0 Å². The molecule has 0 fully saturated rings. The van der Waals surface area contributed by atoms with Gasteiger partial charge in [-0.2, -0.15) is 0 Å². The second-order valence-electron chi connectivity index (χ2n) is 2.80. The van der Waals surface area contributed by atoms with E-state index in [0.717, 1.165) is 13.2 Å². The van der Waals surface area contributed by atoms with Gasteiger partial charge in [-0.3, -0.25) is 0 Å². The SMILES string of the molecule is COc1c(OC(F)(F)F)cccc1B(O)O. The fourth-order valence-corrected chi connectivity index (χ4v) is 1.16. The Morgan fingerprint density at radius 2 is 1.88 bits per heavy atom. The first kappa shape index (κ1) is 12.7. The largest absolute Gasteiger partial charge is 0.573 e. The number of ether oxygens (including phenoxy) is 2. The lowest BCUT2D eigenvalue weighted by molar-refractivity contribution is -0.275. The van der Waals surface area contributed by atoms with Crippen LogP contribution in [0, 0.1) is 0 Å². The summed E-state index contributed by atoms with van der Waals surface area (Å²) in [7, 11) is -0.837. The zero-order chi connectivity index (χ0) is 12.3. The highest BCUT2D eigenvalue weighted by Gasteiger charge is 2.33. The van der Waals surface area contributed by atoms with E-state index >= 15 is 0 Å². The molecule has 1 rings (SSSR count). The lowest BCUT2D eigenvalue weighted by atomic mass is 9.79. The Kier molecular flexibility index (Phi) is 3.66. The van der Waals surface area contributed by atoms with Crippen LogP contribution in [-0.2, 0) is 0 Å². The van der Waals surface area contributed by atoms with E-state index in [2.05, 4.69) is 9.47 Å². The van der Waals surface area contributed by atoms with E-state index < -0.39 is 19.2 Å². The smallest absolute Gasteiger partial charge is 0.493 e. The van der Waals surface area contributed by atoms with Crippen molar-refractivity contribution in [3.05, 3.63) is 18.2 Å². The van der Waals surface area contributed by atoms with E-state index in [1.165, 1.54) is 12.1 Å². The number of alkyl halides is 3. The maximum Gasteiger partial charge on any atom is 0.573 e. The normalized spacial score (nSPS) is 11.1. The van der Waals surface area contributed by atoms with Crippen molar-refractivity contribution >= 4 is 12.6 Å². The quantitative estimate of drug-likeness (QED) is 0.739. The molecular weight excluding hydrogens is 228 g/mol. The van der Waals surface area contributed by atoms with Crippen LogP contribution in [0.5, 0.6) is 11.5 Å². The first-order valence-electron chi connectivity index (χ1n) is 4.14. The van der Waals surface area contributed by atoms with Crippen molar-refractivity contribution in [1.82, 2.24) is 0 Å². The molecule has 16 heavy (non-hydrogen) atoms. The predicted molar refractivity (Wildman–Crippen MR) is 49.5 cm³/mol. The molecule has 1 aromatic carbocycles. The summed E-state index contributed by atoms with van der Waals surface area (Å²) in [6, 6.07) is 3.42. The average molecular weight is 236 g/mol. The summed E-state index contributed by atoms with van der Waals surface area (Å²) in [5.74, 6) is -0.990. The Labute approximate surface area is 89.4 Å². The molecule has 8 heteroatoms. The van der Waals surface area contributed by atoms with E-state index in [-0.39, 0.29) is 11.2 Å². The van der Waals surface area contributed by atoms with Crippen LogP contribution >= 0.6 is 0 Å². The van der Waals surface area contributed by atoms with Gasteiger partial charge in [-0.05, 0) is 6.07 Å². The van der Waals surface area contributed by atoms with Gasteiger partial charge in [-0.1, -0.05) is 12.1 Å². The minimum atomic E-state index is -4.87. The van der Waals surface area contributed by atoms with Gasteiger partial charge < -0.3 is 19.5 Å². The number of benzene rings is 1. The van der Waals surface area contributed by atoms with Crippen molar-refractivity contribution in [2.75, 3.05) is 7.11 Å². The number of rotatable bonds is 3. The standard InChI is InChI=1S/C8H8BF3O4/c1-15-7-5(9(13)14)3-2-4-6(7)16-8(10,11)12/h2-4,13-14H,1H3. The molecule has 0 aromatic heterocycles. The maximum atomic E-state index is 12.0. The second-order valence-corrected chi connectivity index (χ2v) is 2.80. The molecule has 0 amide bonds. The highest BCUT2D eigenvalue weighted by atomic mass is 19.4. The average Bonchev–Trinajstić information content (AvgIpc) is 2.14. The highest BCUT2D eigenvalue weighted by Crippen LogP contribution is 2.30. The number of para-hydroxylation sites is 1. The molecule has 0 unspecified atom stereocenters. The molecular formula is C8H8BF3O4. The second kappa shape index (κ2) is 4.62. The van der Waals surface area contributed by atoms with E-state index in [4.69, 9.17) is 10.0 Å². The van der Waals surface area contributed by atoms with Crippen LogP contribution in [0.3, 0.4) is 0 Å². The van der Waals surface area contributed by atoms with Gasteiger partial charge >= 0.3 is 13.5 Å². The number of hydrogen-bond donors (Lipinski definition) is 2. The Balaban J connectivity index is 3.14. The fraction of sp³-hybridized carbons (Fsp3) is 0.250. The Morgan fingerprint density at radius 1 is 1.25 bits per heavy atom. The highest BCUT2D eigenvalue weighted by molar-refractivity contribution is 6.59. The molecule has 0 aliphatic carbocycles. The van der Waals surface area contributed by atoms with E-state index in [0.29, 0.717) is 0 Å². The molecule has 0 saturated carbocycles. The topological polar surface area (TPSA) is 58.9 Å². The van der Waals surface area contributed by atoms with Gasteiger partial charge in [0.2, 0.25) is 0 Å². The zero-order valence-corrected chi connectivity index (χ0v) is 8.15. The summed E-state index contributed by atoms with van der Waals surface area (Å²) in [6.45, 7) is 0. The Bertz CT molecular complexity index is 367. The first-order chi connectivity index (χ1) is 7.35. The van der Waals surface area contributed by atoms with Crippen LogP contribution < -0.4 is 14.9 Å². The van der Waals surface area contributed by atoms with Gasteiger partial charge in [0, 0.05) is 5.46 Å². The third-order valence-electron chi connectivity index (χ3n) is 1.72. The number of halogens is 3. The summed E-state index contributed by atoms with van der Waals surface area (Å²) in [6.07, 6.45) is -4.87. The summed E-state index contributed by atoms with van der Waals surface area (Å²) in [5, 5.41) is 17.8. The van der Waals surface area contributed by atoms with Crippen molar-refractivity contribution in [3.63, 3.8) is 0 Å². The van der Waals surface area contributed by atoms with Gasteiger partial charge in [0.1, 0.15) is 0 Å². The van der Waals surface area contributed by atoms with Gasteiger partial charge in [-0.25, -0.2) is 0 Å². The van der Waals surface area contributed by atoms with E-state index in [1.807, 2.05) is 0 Å². The Morgan fingerprint density at radius 3 is 2.31 bits per heavy atom. The monoisotopic (exact) mass is 236 g/mol. The summed E-state index contributed by atoms with van der Waals surface area (Å²) in [4.78, 5) is 0. The number of hydrogen-bond acceptors (Lipinski definition) is 4. The van der Waals surface area contributed by atoms with Crippen molar-refractivity contribution in [2.45, 2.75) is 6.36 Å². The molecule has 1 aromatic rings. The van der Waals surface area contributed by atoms with Gasteiger partial charge in [0.05, 0.1) is 7.11 Å². The third kappa shape index (κ3) is 3.04. The molecule has 0 atom stereocenters. The van der Waals surface area contributed by atoms with Crippen LogP contribution in [0.1, 0.15) is 0 Å². The fourth-order valence-electron chi connectivity index (χ4n) is 1.16. The molecule has 0 heterocycles. The minimum absolute atomic E-state index is 0.204. The maximum absolute atomic E-state index is 12.0. The molecule has 0 aliphatic heterocycles. The first-order valence-corrected chi connectivity index (χ1v) is 4.14. The van der Waals surface area contributed by atoms with E-state index in [9.17, 15) is 13.2 Å². The molecule has 0 bridgehead atoms.